The summed E-state index contributed by atoms with van der Waals surface area (Å²) in [5, 5.41) is 5.58. The molecule has 0 aliphatic heterocycles. The van der Waals surface area contributed by atoms with Crippen LogP contribution in [0.25, 0.3) is 0 Å². The number of carbonyl (C=O) groups excluding carboxylic acids is 3. The largest absolute Gasteiger partial charge is 0.444 e. The second-order valence-corrected chi connectivity index (χ2v) is 10.3. The van der Waals surface area contributed by atoms with Crippen molar-refractivity contribution in [3.8, 4) is 0 Å². The number of hydrogen-bond donors (Lipinski definition) is 2. The first-order chi connectivity index (χ1) is 14.7. The number of benzene rings is 1. The third-order valence-corrected chi connectivity index (χ3v) is 4.75. The van der Waals surface area contributed by atoms with Gasteiger partial charge in [-0.3, -0.25) is 9.59 Å². The molecule has 0 radical (unpaired) electrons. The third kappa shape index (κ3) is 8.89. The number of aryl methyl sites for hydroxylation is 1. The van der Waals surface area contributed by atoms with E-state index in [1.54, 1.807) is 25.7 Å². The predicted molar refractivity (Wildman–Crippen MR) is 127 cm³/mol. The maximum atomic E-state index is 13.4. The summed E-state index contributed by atoms with van der Waals surface area (Å²) in [5.41, 5.74) is 0.379. The van der Waals surface area contributed by atoms with Gasteiger partial charge in [0.2, 0.25) is 11.8 Å². The lowest BCUT2D eigenvalue weighted by Crippen LogP contribution is -2.55. The number of nitrogens with zero attached hydrogens (tertiary/aromatic N) is 1. The minimum absolute atomic E-state index is 0.0170. The van der Waals surface area contributed by atoms with Gasteiger partial charge in [0.1, 0.15) is 18.2 Å². The molecule has 2 atom stereocenters. The molecule has 1 rings (SSSR count). The molecule has 0 fully saturated rings. The maximum Gasteiger partial charge on any atom is 0.408 e. The quantitative estimate of drug-likeness (QED) is 0.614. The molecule has 1 aromatic carbocycles. The van der Waals surface area contributed by atoms with Crippen molar-refractivity contribution in [1.82, 2.24) is 15.5 Å². The van der Waals surface area contributed by atoms with E-state index in [0.29, 0.717) is 0 Å². The van der Waals surface area contributed by atoms with Crippen LogP contribution in [0.4, 0.5) is 4.79 Å². The molecule has 1 aromatic rings. The molecule has 3 amide bonds. The molecule has 7 heteroatoms. The summed E-state index contributed by atoms with van der Waals surface area (Å²) in [7, 11) is 0. The number of nitrogens with one attached hydrogen (secondary N) is 2. The summed E-state index contributed by atoms with van der Waals surface area (Å²) in [5.74, 6) is -0.606. The fourth-order valence-corrected chi connectivity index (χ4v) is 3.54. The van der Waals surface area contributed by atoms with Crippen molar-refractivity contribution in [2.75, 3.05) is 6.54 Å². The topological polar surface area (TPSA) is 87.7 Å². The van der Waals surface area contributed by atoms with Gasteiger partial charge in [-0.15, -0.1) is 0 Å². The van der Waals surface area contributed by atoms with Crippen LogP contribution in [0.1, 0.15) is 85.4 Å². The summed E-state index contributed by atoms with van der Waals surface area (Å²) in [6.07, 6.45) is 1.11. The van der Waals surface area contributed by atoms with Crippen LogP contribution in [0.3, 0.4) is 0 Å². The number of rotatable bonds is 8. The summed E-state index contributed by atoms with van der Waals surface area (Å²) in [4.78, 5) is 40.4. The zero-order chi connectivity index (χ0) is 24.7. The fourth-order valence-electron chi connectivity index (χ4n) is 3.54. The van der Waals surface area contributed by atoms with Crippen LogP contribution in [0.2, 0.25) is 0 Å². The van der Waals surface area contributed by atoms with Crippen LogP contribution < -0.4 is 10.6 Å². The van der Waals surface area contributed by atoms with E-state index in [2.05, 4.69) is 17.6 Å². The molecule has 0 saturated heterocycles. The Bertz CT molecular complexity index is 793. The van der Waals surface area contributed by atoms with Crippen molar-refractivity contribution in [3.05, 3.63) is 35.4 Å². The molecule has 0 aliphatic rings. The first kappa shape index (κ1) is 27.5. The predicted octanol–water partition coefficient (Wildman–Crippen LogP) is 4.49. The van der Waals surface area contributed by atoms with Crippen molar-refractivity contribution < 1.29 is 19.1 Å². The highest BCUT2D eigenvalue weighted by molar-refractivity contribution is 5.91. The maximum absolute atomic E-state index is 13.4. The fraction of sp³-hybridized carbons (Fsp3) is 0.640. The van der Waals surface area contributed by atoms with Gasteiger partial charge >= 0.3 is 6.09 Å². The average molecular weight is 448 g/mol. The van der Waals surface area contributed by atoms with Crippen molar-refractivity contribution in [2.24, 2.45) is 0 Å². The highest BCUT2D eigenvalue weighted by atomic mass is 16.6. The van der Waals surface area contributed by atoms with E-state index < -0.39 is 23.3 Å². The van der Waals surface area contributed by atoms with Gasteiger partial charge in [-0.1, -0.05) is 43.2 Å². The lowest BCUT2D eigenvalue weighted by Gasteiger charge is -2.41. The van der Waals surface area contributed by atoms with Crippen molar-refractivity contribution in [2.45, 2.75) is 98.4 Å². The number of ether oxygens (including phenoxy) is 1. The monoisotopic (exact) mass is 447 g/mol. The zero-order valence-corrected chi connectivity index (χ0v) is 21.2. The Morgan fingerprint density at radius 2 is 1.72 bits per heavy atom. The molecular formula is C25H41N3O4. The lowest BCUT2D eigenvalue weighted by atomic mass is 9.95. The van der Waals surface area contributed by atoms with Gasteiger partial charge in [0.05, 0.1) is 0 Å². The average Bonchev–Trinajstić information content (AvgIpc) is 2.61. The summed E-state index contributed by atoms with van der Waals surface area (Å²) < 4.78 is 5.24. The van der Waals surface area contributed by atoms with Crippen LogP contribution in [0.5, 0.6) is 0 Å². The lowest BCUT2D eigenvalue weighted by molar-refractivity contribution is -0.146. The molecule has 0 heterocycles. The summed E-state index contributed by atoms with van der Waals surface area (Å²) in [6.45, 7) is 16.6. The van der Waals surface area contributed by atoms with E-state index in [0.717, 1.165) is 24.0 Å². The molecule has 2 N–H and O–H groups in total. The van der Waals surface area contributed by atoms with Gasteiger partial charge in [0, 0.05) is 11.6 Å². The summed E-state index contributed by atoms with van der Waals surface area (Å²) >= 11 is 0. The Morgan fingerprint density at radius 3 is 2.22 bits per heavy atom. The molecular weight excluding hydrogens is 406 g/mol. The second-order valence-electron chi connectivity index (χ2n) is 10.3. The molecule has 0 aromatic heterocycles. The van der Waals surface area contributed by atoms with Crippen LogP contribution in [-0.2, 0) is 14.3 Å². The molecule has 32 heavy (non-hydrogen) atoms. The molecule has 0 bridgehead atoms. The number of hydrogen-bond acceptors (Lipinski definition) is 4. The molecule has 2 unspecified atom stereocenters. The number of carbonyl (C=O) groups is 3. The van der Waals surface area contributed by atoms with E-state index in [1.165, 1.54) is 0 Å². The van der Waals surface area contributed by atoms with E-state index >= 15 is 0 Å². The molecule has 0 aliphatic carbocycles. The van der Waals surface area contributed by atoms with Crippen LogP contribution in [0, 0.1) is 6.92 Å². The third-order valence-electron chi connectivity index (χ3n) is 4.75. The zero-order valence-electron chi connectivity index (χ0n) is 21.2. The number of alkyl carbamates (subject to hydrolysis) is 1. The van der Waals surface area contributed by atoms with E-state index in [1.807, 2.05) is 58.9 Å². The normalized spacial score (nSPS) is 13.7. The van der Waals surface area contributed by atoms with Crippen molar-refractivity contribution >= 4 is 17.9 Å². The van der Waals surface area contributed by atoms with Crippen LogP contribution in [-0.4, -0.2) is 46.5 Å². The van der Waals surface area contributed by atoms with Gasteiger partial charge in [0.15, 0.2) is 0 Å². The first-order valence-electron chi connectivity index (χ1n) is 11.3. The Balaban J connectivity index is 3.27. The van der Waals surface area contributed by atoms with Gasteiger partial charge in [-0.05, 0) is 67.4 Å². The smallest absolute Gasteiger partial charge is 0.408 e. The Labute approximate surface area is 193 Å². The minimum atomic E-state index is -0.831. The van der Waals surface area contributed by atoms with Crippen molar-refractivity contribution in [1.29, 1.82) is 0 Å². The Morgan fingerprint density at radius 1 is 1.09 bits per heavy atom. The Kier molecular flexibility index (Phi) is 9.73. The standard InChI is InChI=1S/C25H41N3O4/c1-10-12-18(3)27-22(30)21(19-14-11-13-17(2)15-19)28(24(4,5)6)20(29)16-26-23(31)32-25(7,8)9/h11,13-15,18,21H,10,12,16H2,1-9H3,(H,26,31)(H,27,30). The second kappa shape index (κ2) is 11.3. The first-order valence-corrected chi connectivity index (χ1v) is 11.3. The van der Waals surface area contributed by atoms with Crippen LogP contribution >= 0.6 is 0 Å². The molecule has 0 saturated carbocycles. The number of amides is 3. The van der Waals surface area contributed by atoms with Crippen LogP contribution in [0.15, 0.2) is 24.3 Å². The van der Waals surface area contributed by atoms with Gasteiger partial charge in [-0.25, -0.2) is 4.79 Å². The summed E-state index contributed by atoms with van der Waals surface area (Å²) in [6, 6.07) is 6.76. The molecule has 7 nitrogen and oxygen atoms in total. The van der Waals surface area contributed by atoms with E-state index in [9.17, 15) is 14.4 Å². The van der Waals surface area contributed by atoms with E-state index in [4.69, 9.17) is 4.74 Å². The van der Waals surface area contributed by atoms with Gasteiger partial charge in [0.25, 0.3) is 0 Å². The highest BCUT2D eigenvalue weighted by Crippen LogP contribution is 2.30. The molecule has 0 spiro atoms. The Hall–Kier alpha value is -2.57. The minimum Gasteiger partial charge on any atom is -0.444 e. The van der Waals surface area contributed by atoms with Crippen molar-refractivity contribution in [3.63, 3.8) is 0 Å². The van der Waals surface area contributed by atoms with E-state index in [-0.39, 0.29) is 24.4 Å². The molecule has 180 valence electrons. The highest BCUT2D eigenvalue weighted by Gasteiger charge is 2.38. The van der Waals surface area contributed by atoms with Gasteiger partial charge in [-0.2, -0.15) is 0 Å². The van der Waals surface area contributed by atoms with Gasteiger partial charge < -0.3 is 20.3 Å². The SMILES string of the molecule is CCCC(C)NC(=O)C(c1cccc(C)c1)N(C(=O)CNC(=O)OC(C)(C)C)C(C)(C)C.